The van der Waals surface area contributed by atoms with Crippen LogP contribution < -0.4 is 0 Å². The number of hydrogen-bond acceptors (Lipinski definition) is 1. The summed E-state index contributed by atoms with van der Waals surface area (Å²) in [4.78, 5) is 4.39. The Balaban J connectivity index is 3.08. The van der Waals surface area contributed by atoms with Crippen LogP contribution in [0, 0.1) is 0 Å². The van der Waals surface area contributed by atoms with E-state index in [1.165, 1.54) is 89.9 Å². The summed E-state index contributed by atoms with van der Waals surface area (Å²) < 4.78 is 0. The van der Waals surface area contributed by atoms with Crippen LogP contribution >= 0.6 is 0 Å². The summed E-state index contributed by atoms with van der Waals surface area (Å²) in [6.07, 6.45) is 29.8. The number of rotatable bonds is 17. The molecule has 0 amide bonds. The molecule has 0 aromatic rings. The summed E-state index contributed by atoms with van der Waals surface area (Å²) in [6, 6.07) is 0. The van der Waals surface area contributed by atoms with Gasteiger partial charge >= 0.3 is 0 Å². The maximum Gasteiger partial charge on any atom is 0.0389 e. The second-order valence-electron chi connectivity index (χ2n) is 6.56. The first kappa shape index (κ1) is 22.1. The van der Waals surface area contributed by atoms with E-state index < -0.39 is 0 Å². The van der Waals surface area contributed by atoms with Gasteiger partial charge in [-0.05, 0) is 19.4 Å². The van der Waals surface area contributed by atoms with Gasteiger partial charge in [-0.2, -0.15) is 0 Å². The molecule has 0 bridgehead atoms. The number of nitrogens with zero attached hydrogens (tertiary/aromatic N) is 1. The topological polar surface area (TPSA) is 12.4 Å². The van der Waals surface area contributed by atoms with E-state index in [0.717, 1.165) is 6.54 Å². The van der Waals surface area contributed by atoms with E-state index in [0.29, 0.717) is 0 Å². The lowest BCUT2D eigenvalue weighted by Crippen LogP contribution is -1.85. The van der Waals surface area contributed by atoms with Gasteiger partial charge in [-0.3, -0.25) is 4.99 Å². The molecule has 134 valence electrons. The van der Waals surface area contributed by atoms with E-state index >= 15 is 0 Å². The molecule has 0 unspecified atom stereocenters. The van der Waals surface area contributed by atoms with E-state index in [9.17, 15) is 0 Å². The first-order valence-electron chi connectivity index (χ1n) is 10.2. The zero-order valence-electron chi connectivity index (χ0n) is 15.9. The molecule has 0 saturated carbocycles. The first-order chi connectivity index (χ1) is 11.4. The van der Waals surface area contributed by atoms with Gasteiger partial charge < -0.3 is 0 Å². The maximum atomic E-state index is 4.39. The van der Waals surface area contributed by atoms with Crippen LogP contribution in [0.2, 0.25) is 0 Å². The number of hydrogen-bond donors (Lipinski definition) is 0. The first-order valence-corrected chi connectivity index (χ1v) is 10.2. The van der Waals surface area contributed by atoms with Crippen LogP contribution in [-0.2, 0) is 0 Å². The van der Waals surface area contributed by atoms with Crippen LogP contribution in [0.1, 0.15) is 104 Å². The van der Waals surface area contributed by atoms with Crippen molar-refractivity contribution >= 4 is 6.21 Å². The van der Waals surface area contributed by atoms with E-state index in [1.807, 2.05) is 37.4 Å². The molecule has 1 heteroatoms. The minimum Gasteiger partial charge on any atom is -0.293 e. The molecule has 0 aliphatic carbocycles. The summed E-state index contributed by atoms with van der Waals surface area (Å²) >= 11 is 0. The summed E-state index contributed by atoms with van der Waals surface area (Å²) in [5.41, 5.74) is 0. The molecule has 0 spiro atoms. The maximum absolute atomic E-state index is 4.39. The van der Waals surface area contributed by atoms with Crippen molar-refractivity contribution in [1.82, 2.24) is 0 Å². The van der Waals surface area contributed by atoms with Crippen LogP contribution in [0.25, 0.3) is 0 Å². The van der Waals surface area contributed by atoms with Crippen molar-refractivity contribution in [3.63, 3.8) is 0 Å². The highest BCUT2D eigenvalue weighted by Gasteiger charge is 1.93. The lowest BCUT2D eigenvalue weighted by molar-refractivity contribution is 0.536. The average molecular weight is 320 g/mol. The minimum absolute atomic E-state index is 0.984. The van der Waals surface area contributed by atoms with Crippen molar-refractivity contribution < 1.29 is 0 Å². The average Bonchev–Trinajstić information content (AvgIpc) is 2.57. The fraction of sp³-hybridized carbons (Fsp3) is 0.773. The fourth-order valence-electron chi connectivity index (χ4n) is 2.76. The second-order valence-corrected chi connectivity index (χ2v) is 6.56. The smallest absolute Gasteiger partial charge is 0.0389 e. The van der Waals surface area contributed by atoms with Gasteiger partial charge in [-0.1, -0.05) is 109 Å². The predicted octanol–water partition coefficient (Wildman–Crippen LogP) is 7.67. The molecule has 23 heavy (non-hydrogen) atoms. The highest BCUT2D eigenvalue weighted by molar-refractivity contribution is 5.71. The van der Waals surface area contributed by atoms with E-state index in [4.69, 9.17) is 0 Å². The molecule has 0 aliphatic heterocycles. The third-order valence-corrected chi connectivity index (χ3v) is 4.25. The lowest BCUT2D eigenvalue weighted by atomic mass is 10.0. The molecule has 0 radical (unpaired) electrons. The SMILES string of the molecule is C\C=C/C=C\C=N\CCCCCCCCCCCCCCCC. The molecule has 0 aromatic heterocycles. The molecule has 0 atom stereocenters. The van der Waals surface area contributed by atoms with Crippen molar-refractivity contribution in [3.05, 3.63) is 24.3 Å². The Morgan fingerprint density at radius 2 is 1.04 bits per heavy atom. The quantitative estimate of drug-likeness (QED) is 0.148. The Morgan fingerprint density at radius 3 is 1.52 bits per heavy atom. The standard InChI is InChI=1S/C22H41N/c1-3-5-7-9-10-11-12-13-14-15-16-17-18-20-22-23-21-19-8-6-4-2/h4,6,8,19,21H,3,5,7,9-18,20,22H2,1-2H3/b6-4-,19-8-,23-21+. The van der Waals surface area contributed by atoms with Crippen LogP contribution in [0.5, 0.6) is 0 Å². The Bertz CT molecular complexity index is 288. The van der Waals surface area contributed by atoms with Gasteiger partial charge in [0.25, 0.3) is 0 Å². The van der Waals surface area contributed by atoms with E-state index in [1.54, 1.807) is 0 Å². The van der Waals surface area contributed by atoms with Crippen molar-refractivity contribution in [2.24, 2.45) is 4.99 Å². The molecule has 0 saturated heterocycles. The Hall–Kier alpha value is -0.850. The van der Waals surface area contributed by atoms with Crippen LogP contribution in [0.3, 0.4) is 0 Å². The number of allylic oxidation sites excluding steroid dienone is 4. The monoisotopic (exact) mass is 319 g/mol. The van der Waals surface area contributed by atoms with Gasteiger partial charge in [0.15, 0.2) is 0 Å². The highest BCUT2D eigenvalue weighted by Crippen LogP contribution is 2.12. The molecule has 0 rings (SSSR count). The van der Waals surface area contributed by atoms with Gasteiger partial charge in [0, 0.05) is 12.8 Å². The zero-order valence-corrected chi connectivity index (χ0v) is 15.9. The van der Waals surface area contributed by atoms with Crippen LogP contribution in [0.4, 0.5) is 0 Å². The predicted molar refractivity (Wildman–Crippen MR) is 108 cm³/mol. The van der Waals surface area contributed by atoms with E-state index in [2.05, 4.69) is 11.9 Å². The summed E-state index contributed by atoms with van der Waals surface area (Å²) in [5.74, 6) is 0. The van der Waals surface area contributed by atoms with Gasteiger partial charge in [0.2, 0.25) is 0 Å². The molecular weight excluding hydrogens is 278 g/mol. The van der Waals surface area contributed by atoms with Crippen molar-refractivity contribution in [2.75, 3.05) is 6.54 Å². The van der Waals surface area contributed by atoms with Crippen molar-refractivity contribution in [3.8, 4) is 0 Å². The molecule has 0 N–H and O–H groups in total. The molecular formula is C22H41N. The minimum atomic E-state index is 0.984. The zero-order chi connectivity index (χ0) is 16.8. The van der Waals surface area contributed by atoms with Gasteiger partial charge in [0.1, 0.15) is 0 Å². The third kappa shape index (κ3) is 21.1. The van der Waals surface area contributed by atoms with Gasteiger partial charge in [-0.15, -0.1) is 0 Å². The fourth-order valence-corrected chi connectivity index (χ4v) is 2.76. The summed E-state index contributed by atoms with van der Waals surface area (Å²) in [7, 11) is 0. The second kappa shape index (κ2) is 21.1. The van der Waals surface area contributed by atoms with E-state index in [-0.39, 0.29) is 0 Å². The third-order valence-electron chi connectivity index (χ3n) is 4.25. The van der Waals surface area contributed by atoms with Gasteiger partial charge in [0.05, 0.1) is 0 Å². The Morgan fingerprint density at radius 1 is 0.565 bits per heavy atom. The molecule has 0 fully saturated rings. The van der Waals surface area contributed by atoms with Crippen molar-refractivity contribution in [1.29, 1.82) is 0 Å². The lowest BCUT2D eigenvalue weighted by Gasteiger charge is -2.02. The van der Waals surface area contributed by atoms with Crippen molar-refractivity contribution in [2.45, 2.75) is 104 Å². The number of aliphatic imine (C=N–C) groups is 1. The van der Waals surface area contributed by atoms with Gasteiger partial charge in [-0.25, -0.2) is 0 Å². The molecule has 0 heterocycles. The molecule has 1 nitrogen and oxygen atoms in total. The highest BCUT2D eigenvalue weighted by atomic mass is 14.7. The van der Waals surface area contributed by atoms with Crippen LogP contribution in [-0.4, -0.2) is 12.8 Å². The molecule has 0 aromatic carbocycles. The summed E-state index contributed by atoms with van der Waals surface area (Å²) in [5, 5.41) is 0. The Kier molecular flexibility index (Phi) is 20.4. The normalized spacial score (nSPS) is 12.3. The molecule has 0 aliphatic rings. The number of unbranched alkanes of at least 4 members (excludes halogenated alkanes) is 13. The Labute approximate surface area is 146 Å². The summed E-state index contributed by atoms with van der Waals surface area (Å²) in [6.45, 7) is 5.30. The largest absolute Gasteiger partial charge is 0.293 e. The van der Waals surface area contributed by atoms with Crippen LogP contribution in [0.15, 0.2) is 29.3 Å².